The van der Waals surface area contributed by atoms with Crippen molar-refractivity contribution < 1.29 is 9.47 Å². The minimum Gasteiger partial charge on any atom is -0.381 e. The van der Waals surface area contributed by atoms with Crippen LogP contribution in [0, 0.1) is 5.92 Å². The molecule has 100 valence electrons. The van der Waals surface area contributed by atoms with E-state index in [9.17, 15) is 0 Å². The van der Waals surface area contributed by atoms with Gasteiger partial charge in [-0.2, -0.15) is 0 Å². The Morgan fingerprint density at radius 2 is 2.44 bits per heavy atom. The van der Waals surface area contributed by atoms with Crippen LogP contribution in [0.15, 0.2) is 6.07 Å². The van der Waals surface area contributed by atoms with Crippen molar-refractivity contribution in [2.24, 2.45) is 5.92 Å². The van der Waals surface area contributed by atoms with Crippen molar-refractivity contribution in [3.63, 3.8) is 0 Å². The number of nitrogens with one attached hydrogen (secondary N) is 1. The van der Waals surface area contributed by atoms with Crippen LogP contribution in [0.4, 0.5) is 5.82 Å². The van der Waals surface area contributed by atoms with E-state index in [1.807, 2.05) is 6.92 Å². The van der Waals surface area contributed by atoms with Crippen LogP contribution >= 0.6 is 11.6 Å². The molecule has 6 heteroatoms. The predicted octanol–water partition coefficient (Wildman–Crippen LogP) is 2.11. The van der Waals surface area contributed by atoms with Gasteiger partial charge in [-0.05, 0) is 13.3 Å². The lowest BCUT2D eigenvalue weighted by Crippen LogP contribution is -2.15. The van der Waals surface area contributed by atoms with Gasteiger partial charge in [0.25, 0.3) is 0 Å². The maximum atomic E-state index is 5.95. The maximum absolute atomic E-state index is 5.95. The number of rotatable bonds is 6. The van der Waals surface area contributed by atoms with Gasteiger partial charge in [0.05, 0.1) is 6.61 Å². The first kappa shape index (κ1) is 13.5. The Balaban J connectivity index is 1.91. The second kappa shape index (κ2) is 6.87. The molecule has 1 unspecified atom stereocenters. The van der Waals surface area contributed by atoms with Gasteiger partial charge in [-0.25, -0.2) is 9.97 Å². The zero-order valence-electron chi connectivity index (χ0n) is 10.5. The quantitative estimate of drug-likeness (QED) is 0.803. The lowest BCUT2D eigenvalue weighted by atomic mass is 10.1. The van der Waals surface area contributed by atoms with E-state index in [1.165, 1.54) is 0 Å². The van der Waals surface area contributed by atoms with E-state index in [0.717, 1.165) is 32.0 Å². The van der Waals surface area contributed by atoms with Gasteiger partial charge in [-0.1, -0.05) is 11.6 Å². The molecule has 1 saturated heterocycles. The molecule has 1 aliphatic rings. The highest BCUT2D eigenvalue weighted by molar-refractivity contribution is 6.29. The van der Waals surface area contributed by atoms with E-state index in [-0.39, 0.29) is 0 Å². The highest BCUT2D eigenvalue weighted by Crippen LogP contribution is 2.16. The Morgan fingerprint density at radius 3 is 3.17 bits per heavy atom. The molecule has 1 aromatic heterocycles. The lowest BCUT2D eigenvalue weighted by Gasteiger charge is -2.11. The minimum absolute atomic E-state index is 0.387. The average molecular weight is 272 g/mol. The van der Waals surface area contributed by atoms with Crippen LogP contribution in [0.25, 0.3) is 0 Å². The zero-order valence-corrected chi connectivity index (χ0v) is 11.2. The van der Waals surface area contributed by atoms with Crippen molar-refractivity contribution in [3.8, 4) is 0 Å². The first-order chi connectivity index (χ1) is 8.78. The third kappa shape index (κ3) is 4.08. The number of halogens is 1. The number of hydrogen-bond donors (Lipinski definition) is 1. The number of hydrogen-bond acceptors (Lipinski definition) is 5. The number of nitrogens with zero attached hydrogens (tertiary/aromatic N) is 2. The Hall–Kier alpha value is -0.910. The summed E-state index contributed by atoms with van der Waals surface area (Å²) in [5.74, 6) is 1.90. The van der Waals surface area contributed by atoms with E-state index in [1.54, 1.807) is 6.07 Å². The van der Waals surface area contributed by atoms with Gasteiger partial charge in [0.15, 0.2) is 5.82 Å². The topological polar surface area (TPSA) is 56.3 Å². The summed E-state index contributed by atoms with van der Waals surface area (Å²) in [4.78, 5) is 8.48. The first-order valence-corrected chi connectivity index (χ1v) is 6.58. The van der Waals surface area contributed by atoms with Crippen molar-refractivity contribution in [2.75, 3.05) is 31.7 Å². The molecule has 1 fully saturated rings. The SMILES string of the molecule is CCOCc1nc(Cl)cc(NCC2CCOC2)n1. The molecular weight excluding hydrogens is 254 g/mol. The van der Waals surface area contributed by atoms with E-state index in [4.69, 9.17) is 21.1 Å². The van der Waals surface area contributed by atoms with Gasteiger partial charge in [-0.3, -0.25) is 0 Å². The summed E-state index contributed by atoms with van der Waals surface area (Å²) < 4.78 is 10.6. The number of aromatic nitrogens is 2. The van der Waals surface area contributed by atoms with Crippen molar-refractivity contribution in [1.29, 1.82) is 0 Å². The molecule has 0 radical (unpaired) electrons. The molecule has 1 aromatic rings. The van der Waals surface area contributed by atoms with E-state index >= 15 is 0 Å². The molecule has 0 saturated carbocycles. The van der Waals surface area contributed by atoms with E-state index in [0.29, 0.717) is 30.1 Å². The Labute approximate surface area is 112 Å². The standard InChI is InChI=1S/C12H18ClN3O2/c1-2-17-8-12-15-10(13)5-11(16-12)14-6-9-3-4-18-7-9/h5,9H,2-4,6-8H2,1H3,(H,14,15,16). The Morgan fingerprint density at radius 1 is 1.56 bits per heavy atom. The molecule has 2 rings (SSSR count). The summed E-state index contributed by atoms with van der Waals surface area (Å²) >= 11 is 5.95. The van der Waals surface area contributed by atoms with Crippen molar-refractivity contribution in [3.05, 3.63) is 17.0 Å². The van der Waals surface area contributed by atoms with Gasteiger partial charge < -0.3 is 14.8 Å². The fourth-order valence-electron chi connectivity index (χ4n) is 1.81. The second-order valence-corrected chi connectivity index (χ2v) is 4.63. The molecule has 2 heterocycles. The fraction of sp³-hybridized carbons (Fsp3) is 0.667. The molecule has 0 aliphatic carbocycles. The Bertz CT molecular complexity index is 384. The summed E-state index contributed by atoms with van der Waals surface area (Å²) in [6.07, 6.45) is 1.09. The normalized spacial score (nSPS) is 19.1. The summed E-state index contributed by atoms with van der Waals surface area (Å²) in [7, 11) is 0. The fourth-order valence-corrected chi connectivity index (χ4v) is 2.01. The van der Waals surface area contributed by atoms with Gasteiger partial charge in [0.1, 0.15) is 17.6 Å². The molecule has 0 bridgehead atoms. The van der Waals surface area contributed by atoms with E-state index in [2.05, 4.69) is 15.3 Å². The highest BCUT2D eigenvalue weighted by atomic mass is 35.5. The van der Waals surface area contributed by atoms with Crippen LogP contribution in [0.2, 0.25) is 5.15 Å². The molecule has 5 nitrogen and oxygen atoms in total. The molecular formula is C12H18ClN3O2. The van der Waals surface area contributed by atoms with Gasteiger partial charge in [0, 0.05) is 31.7 Å². The van der Waals surface area contributed by atoms with Gasteiger partial charge in [-0.15, -0.1) is 0 Å². The average Bonchev–Trinajstić information content (AvgIpc) is 2.86. The molecule has 0 aromatic carbocycles. The third-order valence-electron chi connectivity index (χ3n) is 2.77. The van der Waals surface area contributed by atoms with Gasteiger partial charge in [0.2, 0.25) is 0 Å². The van der Waals surface area contributed by atoms with Crippen molar-refractivity contribution in [2.45, 2.75) is 20.0 Å². The molecule has 1 N–H and O–H groups in total. The lowest BCUT2D eigenvalue weighted by molar-refractivity contribution is 0.128. The number of ether oxygens (including phenoxy) is 2. The first-order valence-electron chi connectivity index (χ1n) is 6.20. The summed E-state index contributed by atoms with van der Waals surface area (Å²) in [6, 6.07) is 1.73. The molecule has 0 spiro atoms. The van der Waals surface area contributed by atoms with Gasteiger partial charge >= 0.3 is 0 Å². The van der Waals surface area contributed by atoms with Crippen LogP contribution in [-0.2, 0) is 16.1 Å². The van der Waals surface area contributed by atoms with Crippen molar-refractivity contribution >= 4 is 17.4 Å². The smallest absolute Gasteiger partial charge is 0.158 e. The molecule has 1 aliphatic heterocycles. The third-order valence-corrected chi connectivity index (χ3v) is 2.97. The Kier molecular flexibility index (Phi) is 5.16. The predicted molar refractivity (Wildman–Crippen MR) is 69.8 cm³/mol. The molecule has 18 heavy (non-hydrogen) atoms. The number of anilines is 1. The highest BCUT2D eigenvalue weighted by Gasteiger charge is 2.15. The van der Waals surface area contributed by atoms with Crippen LogP contribution < -0.4 is 5.32 Å². The summed E-state index contributed by atoms with van der Waals surface area (Å²) in [6.45, 7) is 5.48. The summed E-state index contributed by atoms with van der Waals surface area (Å²) in [5.41, 5.74) is 0. The zero-order chi connectivity index (χ0) is 12.8. The van der Waals surface area contributed by atoms with Crippen LogP contribution in [-0.4, -0.2) is 36.3 Å². The summed E-state index contributed by atoms with van der Waals surface area (Å²) in [5, 5.41) is 3.71. The molecule has 1 atom stereocenters. The second-order valence-electron chi connectivity index (χ2n) is 4.24. The molecule has 0 amide bonds. The van der Waals surface area contributed by atoms with E-state index < -0.39 is 0 Å². The monoisotopic (exact) mass is 271 g/mol. The van der Waals surface area contributed by atoms with Crippen molar-refractivity contribution in [1.82, 2.24) is 9.97 Å². The minimum atomic E-state index is 0.387. The largest absolute Gasteiger partial charge is 0.381 e. The maximum Gasteiger partial charge on any atom is 0.158 e. The van der Waals surface area contributed by atoms with Crippen LogP contribution in [0.3, 0.4) is 0 Å². The van der Waals surface area contributed by atoms with Crippen LogP contribution in [0.1, 0.15) is 19.2 Å². The van der Waals surface area contributed by atoms with Crippen LogP contribution in [0.5, 0.6) is 0 Å².